The maximum absolute atomic E-state index is 12.4. The lowest BCUT2D eigenvalue weighted by Gasteiger charge is -2.10. The van der Waals surface area contributed by atoms with E-state index >= 15 is 0 Å². The maximum atomic E-state index is 12.4. The first-order valence-corrected chi connectivity index (χ1v) is 6.54. The summed E-state index contributed by atoms with van der Waals surface area (Å²) in [6, 6.07) is 19.3. The molecule has 3 rings (SSSR count). The predicted molar refractivity (Wildman–Crippen MR) is 78.1 cm³/mol. The van der Waals surface area contributed by atoms with Crippen LogP contribution >= 0.6 is 0 Å². The summed E-state index contributed by atoms with van der Waals surface area (Å²) in [7, 11) is 0. The van der Waals surface area contributed by atoms with Gasteiger partial charge in [0, 0.05) is 0 Å². The van der Waals surface area contributed by atoms with E-state index in [2.05, 4.69) is 5.10 Å². The Bertz CT molecular complexity index is 744. The van der Waals surface area contributed by atoms with Crippen molar-refractivity contribution >= 4 is 0 Å². The Morgan fingerprint density at radius 3 is 2.20 bits per heavy atom. The van der Waals surface area contributed by atoms with Crippen LogP contribution in [-0.2, 0) is 0 Å². The Morgan fingerprint density at radius 1 is 0.950 bits per heavy atom. The third kappa shape index (κ3) is 2.16. The molecule has 0 N–H and O–H groups in total. The first-order valence-electron chi connectivity index (χ1n) is 6.54. The van der Waals surface area contributed by atoms with Crippen LogP contribution in [0.3, 0.4) is 0 Å². The van der Waals surface area contributed by atoms with E-state index in [1.807, 2.05) is 67.6 Å². The second-order valence-electron chi connectivity index (χ2n) is 4.65. The zero-order chi connectivity index (χ0) is 13.9. The molecule has 0 aliphatic heterocycles. The fraction of sp³-hybridized carbons (Fsp3) is 0.125. The summed E-state index contributed by atoms with van der Waals surface area (Å²) in [6.45, 7) is 1.97. The molecule has 0 aliphatic carbocycles. The van der Waals surface area contributed by atoms with Crippen LogP contribution in [0.15, 0.2) is 71.8 Å². The number of aromatic nitrogens is 3. The van der Waals surface area contributed by atoms with Crippen LogP contribution in [0, 0.1) is 0 Å². The van der Waals surface area contributed by atoms with Crippen molar-refractivity contribution < 1.29 is 0 Å². The minimum atomic E-state index is -0.132. The quantitative estimate of drug-likeness (QED) is 0.730. The number of hydrogen-bond acceptors (Lipinski definition) is 2. The highest BCUT2D eigenvalue weighted by Crippen LogP contribution is 2.14. The van der Waals surface area contributed by atoms with E-state index in [1.165, 1.54) is 4.68 Å². The molecule has 100 valence electrons. The van der Waals surface area contributed by atoms with Gasteiger partial charge in [0.2, 0.25) is 0 Å². The first kappa shape index (κ1) is 12.4. The molecule has 1 atom stereocenters. The van der Waals surface area contributed by atoms with Crippen molar-refractivity contribution in [2.45, 2.75) is 13.0 Å². The second kappa shape index (κ2) is 5.17. The molecule has 20 heavy (non-hydrogen) atoms. The minimum absolute atomic E-state index is 0.0892. The van der Waals surface area contributed by atoms with Gasteiger partial charge in [0.1, 0.15) is 6.33 Å². The third-order valence-electron chi connectivity index (χ3n) is 3.38. The Morgan fingerprint density at radius 2 is 1.55 bits per heavy atom. The number of nitrogens with zero attached hydrogens (tertiary/aromatic N) is 3. The van der Waals surface area contributed by atoms with Gasteiger partial charge >= 0.3 is 5.69 Å². The topological polar surface area (TPSA) is 39.8 Å². The average Bonchev–Trinajstić information content (AvgIpc) is 2.90. The fourth-order valence-electron chi connectivity index (χ4n) is 2.22. The van der Waals surface area contributed by atoms with Crippen LogP contribution in [0.4, 0.5) is 0 Å². The van der Waals surface area contributed by atoms with E-state index < -0.39 is 0 Å². The molecule has 0 saturated heterocycles. The summed E-state index contributed by atoms with van der Waals surface area (Å²) in [5.74, 6) is 0. The molecule has 0 radical (unpaired) electrons. The lowest BCUT2D eigenvalue weighted by Crippen LogP contribution is -2.26. The Kier molecular flexibility index (Phi) is 3.21. The number of para-hydroxylation sites is 1. The van der Waals surface area contributed by atoms with E-state index in [9.17, 15) is 4.79 Å². The van der Waals surface area contributed by atoms with Crippen LogP contribution < -0.4 is 5.69 Å². The molecule has 1 aromatic heterocycles. The van der Waals surface area contributed by atoms with Gasteiger partial charge in [-0.2, -0.15) is 5.10 Å². The summed E-state index contributed by atoms with van der Waals surface area (Å²) in [4.78, 5) is 12.4. The molecule has 1 unspecified atom stereocenters. The highest BCUT2D eigenvalue weighted by molar-refractivity contribution is 5.30. The Hall–Kier alpha value is -2.62. The summed E-state index contributed by atoms with van der Waals surface area (Å²) in [5, 5.41) is 4.24. The molecule has 0 bridgehead atoms. The zero-order valence-electron chi connectivity index (χ0n) is 11.2. The second-order valence-corrected chi connectivity index (χ2v) is 4.65. The average molecular weight is 265 g/mol. The highest BCUT2D eigenvalue weighted by Gasteiger charge is 2.14. The SMILES string of the molecule is CC(c1ccccc1)n1ncn(-c2ccccc2)c1=O. The minimum Gasteiger partial charge on any atom is -0.250 e. The Balaban J connectivity index is 2.02. The molecule has 2 aromatic carbocycles. The summed E-state index contributed by atoms with van der Waals surface area (Å²) in [5.41, 5.74) is 1.75. The molecule has 1 heterocycles. The van der Waals surface area contributed by atoms with Crippen LogP contribution in [0.25, 0.3) is 5.69 Å². The van der Waals surface area contributed by atoms with Gasteiger partial charge in [-0.3, -0.25) is 0 Å². The van der Waals surface area contributed by atoms with Gasteiger partial charge in [-0.25, -0.2) is 14.0 Å². The molecule has 0 amide bonds. The van der Waals surface area contributed by atoms with Gasteiger partial charge in [-0.05, 0) is 24.6 Å². The number of rotatable bonds is 3. The smallest absolute Gasteiger partial charge is 0.250 e. The van der Waals surface area contributed by atoms with Gasteiger partial charge < -0.3 is 0 Å². The van der Waals surface area contributed by atoms with Gasteiger partial charge in [0.25, 0.3) is 0 Å². The van der Waals surface area contributed by atoms with E-state index in [4.69, 9.17) is 0 Å². The van der Waals surface area contributed by atoms with Crippen LogP contribution in [-0.4, -0.2) is 14.3 Å². The van der Waals surface area contributed by atoms with Crippen molar-refractivity contribution in [3.05, 3.63) is 83.0 Å². The van der Waals surface area contributed by atoms with Crippen molar-refractivity contribution in [2.75, 3.05) is 0 Å². The van der Waals surface area contributed by atoms with E-state index in [0.717, 1.165) is 11.3 Å². The lowest BCUT2D eigenvalue weighted by molar-refractivity contribution is 0.541. The maximum Gasteiger partial charge on any atom is 0.350 e. The van der Waals surface area contributed by atoms with Crippen molar-refractivity contribution in [3.8, 4) is 5.69 Å². The van der Waals surface area contributed by atoms with Crippen LogP contribution in [0.2, 0.25) is 0 Å². The zero-order valence-corrected chi connectivity index (χ0v) is 11.2. The molecule has 0 spiro atoms. The van der Waals surface area contributed by atoms with E-state index in [0.29, 0.717) is 0 Å². The van der Waals surface area contributed by atoms with Crippen LogP contribution in [0.1, 0.15) is 18.5 Å². The molecular weight excluding hydrogens is 250 g/mol. The molecular formula is C16H15N3O. The van der Waals surface area contributed by atoms with Crippen LogP contribution in [0.5, 0.6) is 0 Å². The number of hydrogen-bond donors (Lipinski definition) is 0. The van der Waals surface area contributed by atoms with Crippen molar-refractivity contribution in [2.24, 2.45) is 0 Å². The van der Waals surface area contributed by atoms with Gasteiger partial charge in [-0.1, -0.05) is 48.5 Å². The molecule has 0 fully saturated rings. The first-order chi connectivity index (χ1) is 9.77. The third-order valence-corrected chi connectivity index (χ3v) is 3.38. The van der Waals surface area contributed by atoms with E-state index in [1.54, 1.807) is 10.9 Å². The largest absolute Gasteiger partial charge is 0.350 e. The summed E-state index contributed by atoms with van der Waals surface area (Å²) in [6.07, 6.45) is 1.57. The molecule has 0 saturated carbocycles. The monoisotopic (exact) mass is 265 g/mol. The highest BCUT2D eigenvalue weighted by atomic mass is 16.2. The fourth-order valence-corrected chi connectivity index (χ4v) is 2.22. The van der Waals surface area contributed by atoms with Crippen molar-refractivity contribution in [1.29, 1.82) is 0 Å². The van der Waals surface area contributed by atoms with E-state index in [-0.39, 0.29) is 11.7 Å². The summed E-state index contributed by atoms with van der Waals surface area (Å²) < 4.78 is 3.06. The molecule has 4 nitrogen and oxygen atoms in total. The standard InChI is InChI=1S/C16H15N3O/c1-13(14-8-4-2-5-9-14)19-16(20)18(12-17-19)15-10-6-3-7-11-15/h2-13H,1H3. The summed E-state index contributed by atoms with van der Waals surface area (Å²) >= 11 is 0. The van der Waals surface area contributed by atoms with Crippen molar-refractivity contribution in [3.63, 3.8) is 0 Å². The molecule has 0 aliphatic rings. The van der Waals surface area contributed by atoms with Gasteiger partial charge in [0.15, 0.2) is 0 Å². The van der Waals surface area contributed by atoms with Gasteiger partial charge in [0.05, 0.1) is 11.7 Å². The Labute approximate surface area is 116 Å². The molecule has 3 aromatic rings. The normalized spacial score (nSPS) is 12.2. The predicted octanol–water partition coefficient (Wildman–Crippen LogP) is 2.64. The number of benzene rings is 2. The van der Waals surface area contributed by atoms with Crippen molar-refractivity contribution in [1.82, 2.24) is 14.3 Å². The van der Waals surface area contributed by atoms with Gasteiger partial charge in [-0.15, -0.1) is 0 Å². The molecule has 4 heteroatoms. The lowest BCUT2D eigenvalue weighted by atomic mass is 10.1.